The summed E-state index contributed by atoms with van der Waals surface area (Å²) in [5, 5.41) is 4.32. The fraction of sp³-hybridized carbons (Fsp3) is 0.765. The second-order valence-corrected chi connectivity index (χ2v) is 7.68. The fourth-order valence-electron chi connectivity index (χ4n) is 3.46. The van der Waals surface area contributed by atoms with Gasteiger partial charge in [0.05, 0.1) is 5.75 Å². The monoisotopic (exact) mass is 305 g/mol. The average Bonchev–Trinajstić information content (AvgIpc) is 3.04. The maximum absolute atomic E-state index is 4.84. The predicted molar refractivity (Wildman–Crippen MR) is 89.6 cm³/mol. The standard InChI is InChI=1S/C17H27N3S/c1-2-18-10-13-7-8-16-14(9-13)11-19-17(20-16)12-21-15-5-3-4-6-15/h11,13,15,18H,2-10,12H2,1H3. The smallest absolute Gasteiger partial charge is 0.138 e. The topological polar surface area (TPSA) is 37.8 Å². The van der Waals surface area contributed by atoms with Crippen LogP contribution in [0.3, 0.4) is 0 Å². The minimum atomic E-state index is 0.764. The van der Waals surface area contributed by atoms with Crippen molar-refractivity contribution in [2.75, 3.05) is 13.1 Å². The molecule has 1 saturated carbocycles. The van der Waals surface area contributed by atoms with Crippen LogP contribution in [0.1, 0.15) is 56.1 Å². The molecule has 0 radical (unpaired) electrons. The highest BCUT2D eigenvalue weighted by Crippen LogP contribution is 2.31. The van der Waals surface area contributed by atoms with Crippen LogP contribution in [-0.2, 0) is 18.6 Å². The molecule has 1 atom stereocenters. The van der Waals surface area contributed by atoms with Gasteiger partial charge in [-0.3, -0.25) is 0 Å². The van der Waals surface area contributed by atoms with Crippen LogP contribution in [0.4, 0.5) is 0 Å². The van der Waals surface area contributed by atoms with Gasteiger partial charge in [-0.25, -0.2) is 9.97 Å². The average molecular weight is 305 g/mol. The summed E-state index contributed by atoms with van der Waals surface area (Å²) in [6.45, 7) is 4.38. The summed E-state index contributed by atoms with van der Waals surface area (Å²) in [6.07, 6.45) is 11.3. The molecule has 0 amide bonds. The molecule has 4 heteroatoms. The van der Waals surface area contributed by atoms with Gasteiger partial charge in [0.1, 0.15) is 5.82 Å². The molecular weight excluding hydrogens is 278 g/mol. The lowest BCUT2D eigenvalue weighted by Crippen LogP contribution is -2.27. The lowest BCUT2D eigenvalue weighted by atomic mass is 9.87. The van der Waals surface area contributed by atoms with Crippen molar-refractivity contribution in [2.24, 2.45) is 5.92 Å². The summed E-state index contributed by atoms with van der Waals surface area (Å²) in [4.78, 5) is 9.45. The molecule has 0 saturated heterocycles. The second-order valence-electron chi connectivity index (χ2n) is 6.39. The van der Waals surface area contributed by atoms with E-state index in [9.17, 15) is 0 Å². The van der Waals surface area contributed by atoms with E-state index >= 15 is 0 Å². The van der Waals surface area contributed by atoms with Crippen molar-refractivity contribution in [3.63, 3.8) is 0 Å². The van der Waals surface area contributed by atoms with Gasteiger partial charge in [0.15, 0.2) is 0 Å². The lowest BCUT2D eigenvalue weighted by molar-refractivity contribution is 0.424. The lowest BCUT2D eigenvalue weighted by Gasteiger charge is -2.24. The molecule has 3 rings (SSSR count). The number of hydrogen-bond acceptors (Lipinski definition) is 4. The zero-order valence-electron chi connectivity index (χ0n) is 13.1. The first-order valence-electron chi connectivity index (χ1n) is 8.51. The molecular formula is C17H27N3S. The normalized spacial score (nSPS) is 22.4. The molecule has 2 aliphatic carbocycles. The number of rotatable bonds is 6. The van der Waals surface area contributed by atoms with Gasteiger partial charge < -0.3 is 5.32 Å². The van der Waals surface area contributed by atoms with E-state index in [1.54, 1.807) is 0 Å². The Morgan fingerprint density at radius 3 is 2.95 bits per heavy atom. The maximum atomic E-state index is 4.84. The number of aromatic nitrogens is 2. The number of aryl methyl sites for hydroxylation is 1. The first kappa shape index (κ1) is 15.3. The van der Waals surface area contributed by atoms with E-state index < -0.39 is 0 Å². The van der Waals surface area contributed by atoms with E-state index in [2.05, 4.69) is 35.2 Å². The highest BCUT2D eigenvalue weighted by molar-refractivity contribution is 7.99. The van der Waals surface area contributed by atoms with Gasteiger partial charge >= 0.3 is 0 Å². The predicted octanol–water partition coefficient (Wildman–Crippen LogP) is 3.37. The van der Waals surface area contributed by atoms with Crippen molar-refractivity contribution in [2.45, 2.75) is 62.9 Å². The van der Waals surface area contributed by atoms with Crippen molar-refractivity contribution in [1.29, 1.82) is 0 Å². The van der Waals surface area contributed by atoms with E-state index in [-0.39, 0.29) is 0 Å². The fourth-order valence-corrected chi connectivity index (χ4v) is 4.65. The Bertz CT molecular complexity index is 457. The first-order valence-corrected chi connectivity index (χ1v) is 9.56. The van der Waals surface area contributed by atoms with Crippen molar-refractivity contribution in [3.05, 3.63) is 23.3 Å². The van der Waals surface area contributed by atoms with Crippen LogP contribution in [0.2, 0.25) is 0 Å². The quantitative estimate of drug-likeness (QED) is 0.874. The number of fused-ring (bicyclic) bond motifs is 1. The molecule has 1 aromatic rings. The third-order valence-electron chi connectivity index (χ3n) is 4.74. The molecule has 0 bridgehead atoms. The summed E-state index contributed by atoms with van der Waals surface area (Å²) >= 11 is 2.06. The van der Waals surface area contributed by atoms with Crippen LogP contribution in [0.15, 0.2) is 6.20 Å². The highest BCUT2D eigenvalue weighted by Gasteiger charge is 2.21. The molecule has 3 nitrogen and oxygen atoms in total. The van der Waals surface area contributed by atoms with Crippen LogP contribution in [0.25, 0.3) is 0 Å². The SMILES string of the molecule is CCNCC1CCc2nc(CSC3CCCC3)ncc2C1. The van der Waals surface area contributed by atoms with E-state index in [0.29, 0.717) is 0 Å². The molecule has 1 heterocycles. The molecule has 21 heavy (non-hydrogen) atoms. The Morgan fingerprint density at radius 1 is 1.29 bits per heavy atom. The summed E-state index contributed by atoms with van der Waals surface area (Å²) in [5.74, 6) is 2.81. The van der Waals surface area contributed by atoms with Crippen LogP contribution < -0.4 is 5.32 Å². The first-order chi connectivity index (χ1) is 10.3. The number of nitrogens with one attached hydrogen (secondary N) is 1. The van der Waals surface area contributed by atoms with Gasteiger partial charge in [-0.05, 0) is 56.7 Å². The molecule has 0 aromatic carbocycles. The number of nitrogens with zero attached hydrogens (tertiary/aromatic N) is 2. The summed E-state index contributed by atoms with van der Waals surface area (Å²) < 4.78 is 0. The molecule has 0 spiro atoms. The Labute approximate surface area is 132 Å². The van der Waals surface area contributed by atoms with Crippen LogP contribution in [-0.4, -0.2) is 28.3 Å². The second kappa shape index (κ2) is 7.59. The van der Waals surface area contributed by atoms with Crippen molar-refractivity contribution < 1.29 is 0 Å². The zero-order valence-corrected chi connectivity index (χ0v) is 13.9. The van der Waals surface area contributed by atoms with Crippen LogP contribution in [0.5, 0.6) is 0 Å². The third-order valence-corrected chi connectivity index (χ3v) is 6.10. The van der Waals surface area contributed by atoms with Gasteiger partial charge in [-0.2, -0.15) is 11.8 Å². The largest absolute Gasteiger partial charge is 0.317 e. The van der Waals surface area contributed by atoms with E-state index in [1.807, 2.05) is 0 Å². The van der Waals surface area contributed by atoms with Gasteiger partial charge in [-0.1, -0.05) is 19.8 Å². The van der Waals surface area contributed by atoms with E-state index in [1.165, 1.54) is 43.4 Å². The molecule has 2 aliphatic rings. The van der Waals surface area contributed by atoms with Crippen molar-refractivity contribution >= 4 is 11.8 Å². The summed E-state index contributed by atoms with van der Waals surface area (Å²) in [7, 11) is 0. The Hall–Kier alpha value is -0.610. The summed E-state index contributed by atoms with van der Waals surface area (Å²) in [6, 6.07) is 0. The molecule has 0 aliphatic heterocycles. The zero-order chi connectivity index (χ0) is 14.5. The molecule has 1 unspecified atom stereocenters. The minimum absolute atomic E-state index is 0.764. The van der Waals surface area contributed by atoms with Gasteiger partial charge in [-0.15, -0.1) is 0 Å². The summed E-state index contributed by atoms with van der Waals surface area (Å²) in [5.41, 5.74) is 2.71. The molecule has 1 N–H and O–H groups in total. The van der Waals surface area contributed by atoms with Gasteiger partial charge in [0, 0.05) is 17.1 Å². The minimum Gasteiger partial charge on any atom is -0.317 e. The third kappa shape index (κ3) is 4.19. The molecule has 1 aromatic heterocycles. The highest BCUT2D eigenvalue weighted by atomic mass is 32.2. The van der Waals surface area contributed by atoms with Crippen molar-refractivity contribution in [1.82, 2.24) is 15.3 Å². The van der Waals surface area contributed by atoms with Crippen molar-refractivity contribution in [3.8, 4) is 0 Å². The number of thioether (sulfide) groups is 1. The maximum Gasteiger partial charge on any atom is 0.138 e. The Balaban J connectivity index is 1.55. The van der Waals surface area contributed by atoms with E-state index in [4.69, 9.17) is 4.98 Å². The molecule has 1 fully saturated rings. The van der Waals surface area contributed by atoms with E-state index in [0.717, 1.165) is 48.7 Å². The number of hydrogen-bond donors (Lipinski definition) is 1. The van der Waals surface area contributed by atoms with Gasteiger partial charge in [0.2, 0.25) is 0 Å². The molecule has 116 valence electrons. The van der Waals surface area contributed by atoms with Crippen LogP contribution >= 0.6 is 11.8 Å². The Morgan fingerprint density at radius 2 is 2.14 bits per heavy atom. The Kier molecular flexibility index (Phi) is 5.53. The van der Waals surface area contributed by atoms with Gasteiger partial charge in [0.25, 0.3) is 0 Å². The van der Waals surface area contributed by atoms with Crippen LogP contribution in [0, 0.1) is 5.92 Å².